The predicted molar refractivity (Wildman–Crippen MR) is 156 cm³/mol. The van der Waals surface area contributed by atoms with Crippen LogP contribution >= 0.6 is 15.9 Å². The molecule has 0 radical (unpaired) electrons. The number of halogens is 2. The molecule has 0 aliphatic heterocycles. The SMILES string of the molecule is CCOc1cc(C=Nn2c(C(C)C)nc3ccc(Br)cc3c2=O)cc([N+](=O)[O-])c1OCC(=O)Nc1cccc(F)c1. The number of hydrogen-bond acceptors (Lipinski definition) is 8. The third-order valence-corrected chi connectivity index (χ3v) is 6.18. The molecule has 41 heavy (non-hydrogen) atoms. The molecule has 4 aromatic rings. The summed E-state index contributed by atoms with van der Waals surface area (Å²) in [5.74, 6) is -1.21. The van der Waals surface area contributed by atoms with Crippen LogP contribution in [0.1, 0.15) is 38.1 Å². The van der Waals surface area contributed by atoms with Crippen LogP contribution < -0.4 is 20.3 Å². The van der Waals surface area contributed by atoms with Gasteiger partial charge in [0.1, 0.15) is 11.6 Å². The van der Waals surface area contributed by atoms with Crippen molar-refractivity contribution >= 4 is 50.3 Å². The molecule has 0 unspecified atom stereocenters. The Morgan fingerprint density at radius 2 is 2.00 bits per heavy atom. The summed E-state index contributed by atoms with van der Waals surface area (Å²) in [6, 6.07) is 13.1. The van der Waals surface area contributed by atoms with Crippen molar-refractivity contribution in [2.45, 2.75) is 26.7 Å². The zero-order valence-electron chi connectivity index (χ0n) is 22.3. The van der Waals surface area contributed by atoms with Crippen LogP contribution in [0.3, 0.4) is 0 Å². The first-order chi connectivity index (χ1) is 19.6. The van der Waals surface area contributed by atoms with Crippen LogP contribution in [0.15, 0.2) is 69.0 Å². The van der Waals surface area contributed by atoms with Gasteiger partial charge in [0.2, 0.25) is 5.75 Å². The van der Waals surface area contributed by atoms with Crippen molar-refractivity contribution < 1.29 is 23.6 Å². The van der Waals surface area contributed by atoms with Crippen molar-refractivity contribution in [2.24, 2.45) is 5.10 Å². The summed E-state index contributed by atoms with van der Waals surface area (Å²) in [5.41, 5.74) is 0.0856. The van der Waals surface area contributed by atoms with E-state index in [0.717, 1.165) is 10.7 Å². The zero-order chi connectivity index (χ0) is 29.7. The Labute approximate surface area is 241 Å². The molecule has 0 bridgehead atoms. The van der Waals surface area contributed by atoms with Crippen molar-refractivity contribution in [1.29, 1.82) is 0 Å². The predicted octanol–water partition coefficient (Wildman–Crippen LogP) is 5.63. The maximum atomic E-state index is 13.4. The standard InChI is InChI=1S/C28H25BrFN5O6/c1-4-40-24-11-17(14-31-34-27(16(2)3)33-22-9-8-18(29)12-21(22)28(34)37)10-23(35(38)39)26(24)41-15-25(36)32-20-7-5-6-19(30)13-20/h5-14,16H,4,15H2,1-3H3,(H,32,36). The highest BCUT2D eigenvalue weighted by atomic mass is 79.9. The summed E-state index contributed by atoms with van der Waals surface area (Å²) >= 11 is 3.36. The van der Waals surface area contributed by atoms with Crippen LogP contribution in [0.25, 0.3) is 10.9 Å². The normalized spacial score (nSPS) is 11.3. The number of carbonyl (C=O) groups excluding carboxylic acids is 1. The molecule has 0 aliphatic carbocycles. The zero-order valence-corrected chi connectivity index (χ0v) is 23.8. The van der Waals surface area contributed by atoms with E-state index >= 15 is 0 Å². The number of aromatic nitrogens is 2. The highest BCUT2D eigenvalue weighted by Gasteiger charge is 2.24. The van der Waals surface area contributed by atoms with E-state index in [2.05, 4.69) is 31.3 Å². The van der Waals surface area contributed by atoms with Crippen LogP contribution in [0.4, 0.5) is 15.8 Å². The Kier molecular flexibility index (Phi) is 9.07. The summed E-state index contributed by atoms with van der Waals surface area (Å²) in [6.45, 7) is 4.96. The summed E-state index contributed by atoms with van der Waals surface area (Å²) in [7, 11) is 0. The van der Waals surface area contributed by atoms with Gasteiger partial charge in [-0.3, -0.25) is 19.7 Å². The van der Waals surface area contributed by atoms with Crippen molar-refractivity contribution in [2.75, 3.05) is 18.5 Å². The Hall–Kier alpha value is -4.65. The maximum absolute atomic E-state index is 13.4. The molecule has 11 nitrogen and oxygen atoms in total. The van der Waals surface area contributed by atoms with E-state index in [4.69, 9.17) is 9.47 Å². The van der Waals surface area contributed by atoms with Gasteiger partial charge in [-0.2, -0.15) is 9.78 Å². The van der Waals surface area contributed by atoms with Crippen molar-refractivity contribution in [3.05, 3.63) is 96.7 Å². The number of anilines is 1. The first kappa shape index (κ1) is 29.3. The Morgan fingerprint density at radius 1 is 1.22 bits per heavy atom. The molecule has 0 spiro atoms. The quantitative estimate of drug-likeness (QED) is 0.137. The van der Waals surface area contributed by atoms with Gasteiger partial charge in [0.25, 0.3) is 11.5 Å². The van der Waals surface area contributed by atoms with Gasteiger partial charge in [-0.1, -0.05) is 35.8 Å². The first-order valence-corrected chi connectivity index (χ1v) is 13.3. The highest BCUT2D eigenvalue weighted by Crippen LogP contribution is 2.38. The van der Waals surface area contributed by atoms with Gasteiger partial charge in [-0.25, -0.2) is 9.37 Å². The second kappa shape index (κ2) is 12.7. The number of nitrogens with zero attached hydrogens (tertiary/aromatic N) is 4. The fourth-order valence-electron chi connectivity index (χ4n) is 3.90. The van der Waals surface area contributed by atoms with Gasteiger partial charge in [0.15, 0.2) is 12.4 Å². The summed E-state index contributed by atoms with van der Waals surface area (Å²) in [5, 5.41) is 19.1. The van der Waals surface area contributed by atoms with Gasteiger partial charge < -0.3 is 14.8 Å². The Morgan fingerprint density at radius 3 is 2.68 bits per heavy atom. The average Bonchev–Trinajstić information content (AvgIpc) is 2.92. The van der Waals surface area contributed by atoms with Crippen LogP contribution in [-0.2, 0) is 4.79 Å². The third-order valence-electron chi connectivity index (χ3n) is 5.68. The molecule has 212 valence electrons. The molecule has 3 aromatic carbocycles. The van der Waals surface area contributed by atoms with Gasteiger partial charge in [-0.15, -0.1) is 0 Å². The number of nitro groups is 1. The molecule has 1 amide bonds. The minimum absolute atomic E-state index is 0.00120. The van der Waals surface area contributed by atoms with E-state index in [0.29, 0.717) is 21.2 Å². The monoisotopic (exact) mass is 625 g/mol. The molecule has 0 fully saturated rings. The molecule has 1 aromatic heterocycles. The lowest BCUT2D eigenvalue weighted by Gasteiger charge is -2.14. The van der Waals surface area contributed by atoms with E-state index in [9.17, 15) is 24.1 Å². The maximum Gasteiger partial charge on any atom is 0.315 e. The molecular formula is C28H25BrFN5O6. The van der Waals surface area contributed by atoms with Gasteiger partial charge in [0, 0.05) is 27.7 Å². The number of hydrogen-bond donors (Lipinski definition) is 1. The van der Waals surface area contributed by atoms with Gasteiger partial charge in [0.05, 0.1) is 28.6 Å². The number of fused-ring (bicyclic) bond motifs is 1. The average molecular weight is 626 g/mol. The summed E-state index contributed by atoms with van der Waals surface area (Å²) in [4.78, 5) is 41.6. The highest BCUT2D eigenvalue weighted by molar-refractivity contribution is 9.10. The molecule has 4 rings (SSSR count). The fraction of sp³-hybridized carbons (Fsp3) is 0.214. The van der Waals surface area contributed by atoms with Crippen LogP contribution in [0.5, 0.6) is 11.5 Å². The molecular weight excluding hydrogens is 601 g/mol. The van der Waals surface area contributed by atoms with E-state index < -0.39 is 34.5 Å². The van der Waals surface area contributed by atoms with Crippen molar-refractivity contribution in [1.82, 2.24) is 9.66 Å². The van der Waals surface area contributed by atoms with E-state index in [-0.39, 0.29) is 35.3 Å². The number of nitro benzene ring substituents is 1. The molecule has 1 N–H and O–H groups in total. The fourth-order valence-corrected chi connectivity index (χ4v) is 4.26. The number of rotatable bonds is 10. The van der Waals surface area contributed by atoms with E-state index in [1.165, 1.54) is 36.5 Å². The number of nitrogens with one attached hydrogen (secondary N) is 1. The molecule has 13 heteroatoms. The minimum atomic E-state index is -0.680. The molecule has 0 aliphatic rings. The van der Waals surface area contributed by atoms with Gasteiger partial charge in [-0.05, 0) is 49.4 Å². The third kappa shape index (κ3) is 6.92. The lowest BCUT2D eigenvalue weighted by molar-refractivity contribution is -0.385. The molecule has 0 saturated heterocycles. The molecule has 0 atom stereocenters. The Balaban J connectivity index is 1.69. The first-order valence-electron chi connectivity index (χ1n) is 12.5. The second-order valence-electron chi connectivity index (χ2n) is 9.05. The van der Waals surface area contributed by atoms with E-state index in [1.54, 1.807) is 25.1 Å². The van der Waals surface area contributed by atoms with E-state index in [1.807, 2.05) is 13.8 Å². The minimum Gasteiger partial charge on any atom is -0.490 e. The van der Waals surface area contributed by atoms with Gasteiger partial charge >= 0.3 is 5.69 Å². The largest absolute Gasteiger partial charge is 0.490 e. The van der Waals surface area contributed by atoms with Crippen LogP contribution in [0.2, 0.25) is 0 Å². The number of ether oxygens (including phenoxy) is 2. The number of carbonyl (C=O) groups is 1. The smallest absolute Gasteiger partial charge is 0.315 e. The lowest BCUT2D eigenvalue weighted by Crippen LogP contribution is -2.23. The summed E-state index contributed by atoms with van der Waals surface area (Å²) in [6.07, 6.45) is 1.29. The van der Waals surface area contributed by atoms with Crippen LogP contribution in [-0.4, -0.2) is 39.9 Å². The van der Waals surface area contributed by atoms with Crippen molar-refractivity contribution in [3.8, 4) is 11.5 Å². The van der Waals surface area contributed by atoms with Crippen molar-refractivity contribution in [3.63, 3.8) is 0 Å². The van der Waals surface area contributed by atoms with Crippen LogP contribution in [0, 0.1) is 15.9 Å². The summed E-state index contributed by atoms with van der Waals surface area (Å²) < 4.78 is 26.4. The Bertz CT molecular complexity index is 1720. The topological polar surface area (TPSA) is 138 Å². The number of benzene rings is 3. The second-order valence-corrected chi connectivity index (χ2v) is 9.97. The molecule has 1 heterocycles. The number of amides is 1. The lowest BCUT2D eigenvalue weighted by atomic mass is 10.1. The molecule has 0 saturated carbocycles.